The Labute approximate surface area is 157 Å². The predicted molar refractivity (Wildman–Crippen MR) is 101 cm³/mol. The van der Waals surface area contributed by atoms with E-state index in [2.05, 4.69) is 22.4 Å². The Balaban J connectivity index is 1.65. The van der Waals surface area contributed by atoms with E-state index in [4.69, 9.17) is 0 Å². The SMILES string of the molecule is CCCn1nc(C(=O)NC2C[C@H]3CC[C@@H](C2)N3C)c(=O)c2ccc(F)cc21. The molecule has 0 aliphatic carbocycles. The van der Waals surface area contributed by atoms with Crippen molar-refractivity contribution in [1.29, 1.82) is 0 Å². The minimum Gasteiger partial charge on any atom is -0.348 e. The first-order valence-corrected chi connectivity index (χ1v) is 9.71. The molecular formula is C20H25FN4O2. The third-order valence-corrected chi connectivity index (χ3v) is 6.00. The topological polar surface area (TPSA) is 67.2 Å². The fourth-order valence-electron chi connectivity index (χ4n) is 4.57. The molecule has 2 saturated heterocycles. The zero-order chi connectivity index (χ0) is 19.1. The molecule has 1 aromatic carbocycles. The summed E-state index contributed by atoms with van der Waals surface area (Å²) in [5.41, 5.74) is -0.115. The summed E-state index contributed by atoms with van der Waals surface area (Å²) in [5, 5.41) is 7.63. The number of nitrogens with one attached hydrogen (secondary N) is 1. The van der Waals surface area contributed by atoms with Gasteiger partial charge in [0.05, 0.1) is 5.52 Å². The fraction of sp³-hybridized carbons (Fsp3) is 0.550. The number of fused-ring (bicyclic) bond motifs is 3. The van der Waals surface area contributed by atoms with Crippen LogP contribution in [0.5, 0.6) is 0 Å². The van der Waals surface area contributed by atoms with E-state index in [1.54, 1.807) is 4.68 Å². The molecule has 7 heteroatoms. The molecular weight excluding hydrogens is 347 g/mol. The van der Waals surface area contributed by atoms with E-state index in [9.17, 15) is 14.0 Å². The number of carbonyl (C=O) groups excluding carboxylic acids is 1. The van der Waals surface area contributed by atoms with Gasteiger partial charge < -0.3 is 10.2 Å². The van der Waals surface area contributed by atoms with Crippen molar-refractivity contribution in [2.75, 3.05) is 7.05 Å². The standard InChI is InChI=1S/C20H25FN4O2/c1-3-8-25-17-9-12(21)4-7-16(17)19(26)18(23-25)20(27)22-13-10-14-5-6-15(11-13)24(14)2/h4,7,9,13-15H,3,5-6,8,10-11H2,1-2H3,(H,22,27)/t13?,14-,15+. The molecule has 2 fully saturated rings. The van der Waals surface area contributed by atoms with E-state index in [0.717, 1.165) is 32.1 Å². The van der Waals surface area contributed by atoms with E-state index >= 15 is 0 Å². The van der Waals surface area contributed by atoms with Gasteiger partial charge in [-0.1, -0.05) is 6.92 Å². The number of carbonyl (C=O) groups is 1. The van der Waals surface area contributed by atoms with Crippen molar-refractivity contribution in [3.8, 4) is 0 Å². The summed E-state index contributed by atoms with van der Waals surface area (Å²) in [4.78, 5) is 28.0. The zero-order valence-corrected chi connectivity index (χ0v) is 15.7. The van der Waals surface area contributed by atoms with Crippen molar-refractivity contribution in [2.24, 2.45) is 0 Å². The third kappa shape index (κ3) is 3.25. The van der Waals surface area contributed by atoms with Gasteiger partial charge in [-0.25, -0.2) is 4.39 Å². The molecule has 144 valence electrons. The summed E-state index contributed by atoms with van der Waals surface area (Å²) in [5.74, 6) is -0.849. The summed E-state index contributed by atoms with van der Waals surface area (Å²) in [7, 11) is 2.15. The first-order chi connectivity index (χ1) is 13.0. The molecule has 2 aliphatic heterocycles. The molecule has 2 bridgehead atoms. The van der Waals surface area contributed by atoms with Crippen LogP contribution in [0.3, 0.4) is 0 Å². The van der Waals surface area contributed by atoms with Crippen molar-refractivity contribution in [1.82, 2.24) is 20.0 Å². The summed E-state index contributed by atoms with van der Waals surface area (Å²) < 4.78 is 15.2. The Kier molecular flexibility index (Phi) is 4.72. The van der Waals surface area contributed by atoms with Crippen LogP contribution in [-0.4, -0.2) is 45.8 Å². The number of halogens is 1. The number of aryl methyl sites for hydroxylation is 1. The molecule has 0 radical (unpaired) electrons. The Morgan fingerprint density at radius 2 is 2.00 bits per heavy atom. The summed E-state index contributed by atoms with van der Waals surface area (Å²) in [6.07, 6.45) is 4.90. The number of nitrogens with zero attached hydrogens (tertiary/aromatic N) is 3. The second-order valence-electron chi connectivity index (χ2n) is 7.75. The maximum atomic E-state index is 13.6. The van der Waals surface area contributed by atoms with Crippen LogP contribution in [0.4, 0.5) is 4.39 Å². The van der Waals surface area contributed by atoms with Crippen LogP contribution in [0, 0.1) is 5.82 Å². The van der Waals surface area contributed by atoms with Crippen molar-refractivity contribution < 1.29 is 9.18 Å². The molecule has 1 N–H and O–H groups in total. The molecule has 3 atom stereocenters. The smallest absolute Gasteiger partial charge is 0.276 e. The Morgan fingerprint density at radius 3 is 2.67 bits per heavy atom. The van der Waals surface area contributed by atoms with Crippen LogP contribution in [0.15, 0.2) is 23.0 Å². The summed E-state index contributed by atoms with van der Waals surface area (Å²) >= 11 is 0. The number of aromatic nitrogens is 2. The second kappa shape index (κ2) is 7.03. The van der Waals surface area contributed by atoms with Crippen LogP contribution in [0.2, 0.25) is 0 Å². The molecule has 27 heavy (non-hydrogen) atoms. The Hall–Kier alpha value is -2.28. The molecule has 1 unspecified atom stereocenters. The number of hydrogen-bond acceptors (Lipinski definition) is 4. The number of piperidine rings is 1. The Morgan fingerprint density at radius 1 is 1.30 bits per heavy atom. The van der Waals surface area contributed by atoms with Crippen molar-refractivity contribution >= 4 is 16.8 Å². The lowest BCUT2D eigenvalue weighted by molar-refractivity contribution is 0.0874. The minimum absolute atomic E-state index is 0.0657. The van der Waals surface area contributed by atoms with Gasteiger partial charge in [-0.15, -0.1) is 0 Å². The highest BCUT2D eigenvalue weighted by molar-refractivity contribution is 5.95. The molecule has 0 saturated carbocycles. The maximum Gasteiger partial charge on any atom is 0.276 e. The van der Waals surface area contributed by atoms with Crippen molar-refractivity contribution in [2.45, 2.75) is 63.7 Å². The van der Waals surface area contributed by atoms with Crippen LogP contribution >= 0.6 is 0 Å². The molecule has 1 aromatic heterocycles. The van der Waals surface area contributed by atoms with Gasteiger partial charge >= 0.3 is 0 Å². The summed E-state index contributed by atoms with van der Waals surface area (Å²) in [6, 6.07) is 5.05. The van der Waals surface area contributed by atoms with E-state index in [1.807, 2.05) is 6.92 Å². The number of rotatable bonds is 4. The van der Waals surface area contributed by atoms with E-state index in [0.29, 0.717) is 29.5 Å². The van der Waals surface area contributed by atoms with Crippen molar-refractivity contribution in [3.63, 3.8) is 0 Å². The number of amides is 1. The summed E-state index contributed by atoms with van der Waals surface area (Å²) in [6.45, 7) is 2.48. The second-order valence-corrected chi connectivity index (χ2v) is 7.75. The lowest BCUT2D eigenvalue weighted by Crippen LogP contribution is -2.49. The van der Waals surface area contributed by atoms with Gasteiger partial charge in [-0.3, -0.25) is 14.3 Å². The van der Waals surface area contributed by atoms with E-state index < -0.39 is 17.2 Å². The lowest BCUT2D eigenvalue weighted by Gasteiger charge is -2.36. The highest BCUT2D eigenvalue weighted by Crippen LogP contribution is 2.34. The highest BCUT2D eigenvalue weighted by Gasteiger charge is 2.39. The van der Waals surface area contributed by atoms with Crippen LogP contribution in [0.1, 0.15) is 49.5 Å². The van der Waals surface area contributed by atoms with Gasteiger partial charge in [-0.2, -0.15) is 5.10 Å². The molecule has 2 aliphatic rings. The van der Waals surface area contributed by atoms with Gasteiger partial charge in [0.1, 0.15) is 5.82 Å². The molecule has 2 aromatic rings. The van der Waals surface area contributed by atoms with E-state index in [1.165, 1.54) is 18.2 Å². The average Bonchev–Trinajstić information content (AvgIpc) is 2.85. The molecule has 4 rings (SSSR count). The molecule has 0 spiro atoms. The number of benzene rings is 1. The van der Waals surface area contributed by atoms with E-state index in [-0.39, 0.29) is 11.7 Å². The molecule has 1 amide bonds. The van der Waals surface area contributed by atoms with Crippen molar-refractivity contribution in [3.05, 3.63) is 39.9 Å². The van der Waals surface area contributed by atoms with Gasteiger partial charge in [0, 0.05) is 30.1 Å². The van der Waals surface area contributed by atoms with Gasteiger partial charge in [-0.05, 0) is 57.4 Å². The van der Waals surface area contributed by atoms with Crippen LogP contribution < -0.4 is 10.7 Å². The van der Waals surface area contributed by atoms with Gasteiger partial charge in [0.15, 0.2) is 5.69 Å². The normalized spacial score (nSPS) is 25.1. The molecule has 3 heterocycles. The predicted octanol–water partition coefficient (Wildman–Crippen LogP) is 2.30. The number of hydrogen-bond donors (Lipinski definition) is 1. The lowest BCUT2D eigenvalue weighted by atomic mass is 9.98. The quantitative estimate of drug-likeness (QED) is 0.894. The van der Waals surface area contributed by atoms with Crippen LogP contribution in [0.25, 0.3) is 10.9 Å². The Bertz CT molecular complexity index is 927. The maximum absolute atomic E-state index is 13.6. The monoisotopic (exact) mass is 372 g/mol. The van der Waals surface area contributed by atoms with Crippen LogP contribution in [-0.2, 0) is 6.54 Å². The fourth-order valence-corrected chi connectivity index (χ4v) is 4.57. The average molecular weight is 372 g/mol. The zero-order valence-electron chi connectivity index (χ0n) is 15.7. The molecule has 6 nitrogen and oxygen atoms in total. The van der Waals surface area contributed by atoms with Gasteiger partial charge in [0.2, 0.25) is 5.43 Å². The third-order valence-electron chi connectivity index (χ3n) is 6.00. The minimum atomic E-state index is -0.439. The largest absolute Gasteiger partial charge is 0.348 e. The highest BCUT2D eigenvalue weighted by atomic mass is 19.1. The first-order valence-electron chi connectivity index (χ1n) is 9.71. The van der Waals surface area contributed by atoms with Gasteiger partial charge in [0.25, 0.3) is 5.91 Å². The first kappa shape index (κ1) is 18.1.